The molecular formula is C30H47N5O6S. The van der Waals surface area contributed by atoms with E-state index in [4.69, 9.17) is 9.47 Å². The molecule has 12 heteroatoms. The third kappa shape index (κ3) is 12.0. The maximum Gasteiger partial charge on any atom is 0.408 e. The molecule has 0 aliphatic carbocycles. The maximum absolute atomic E-state index is 12.9. The number of nitrogens with one attached hydrogen (secondary N) is 5. The number of alkyl carbamates (subject to hydrolysis) is 1. The molecule has 11 nitrogen and oxygen atoms in total. The minimum absolute atomic E-state index is 0.0116. The van der Waals surface area contributed by atoms with Gasteiger partial charge in [-0.2, -0.15) is 11.8 Å². The highest BCUT2D eigenvalue weighted by molar-refractivity contribution is 8.00. The van der Waals surface area contributed by atoms with Crippen LogP contribution in [0.3, 0.4) is 0 Å². The van der Waals surface area contributed by atoms with Gasteiger partial charge >= 0.3 is 12.1 Å². The van der Waals surface area contributed by atoms with Crippen molar-refractivity contribution < 1.29 is 28.7 Å². The molecule has 4 atom stereocenters. The summed E-state index contributed by atoms with van der Waals surface area (Å²) in [4.78, 5) is 49.0. The molecule has 2 fully saturated rings. The second-order valence-electron chi connectivity index (χ2n) is 11.9. The fourth-order valence-electron chi connectivity index (χ4n) is 4.88. The SMILES string of the molecule is Cc1ccc(OCCNC(=O)[C@@H](CCCCNC(=O)CCCC[C@@H]2SC[C@@H]3NC(=O)N[C@@H]32)NC(=O)OC(C)(C)C)cc1. The van der Waals surface area contributed by atoms with Crippen LogP contribution in [0.15, 0.2) is 24.3 Å². The second-order valence-corrected chi connectivity index (χ2v) is 13.1. The normalized spacial score (nSPS) is 20.1. The molecule has 0 radical (unpaired) electrons. The highest BCUT2D eigenvalue weighted by atomic mass is 32.2. The molecule has 1 aromatic carbocycles. The van der Waals surface area contributed by atoms with E-state index in [2.05, 4.69) is 26.6 Å². The Balaban J connectivity index is 1.31. The van der Waals surface area contributed by atoms with E-state index in [9.17, 15) is 19.2 Å². The van der Waals surface area contributed by atoms with Gasteiger partial charge in [-0.15, -0.1) is 0 Å². The van der Waals surface area contributed by atoms with Crippen molar-refractivity contribution in [2.45, 2.75) is 102 Å². The van der Waals surface area contributed by atoms with Gasteiger partial charge in [0.2, 0.25) is 11.8 Å². The molecule has 3 rings (SSSR count). The van der Waals surface area contributed by atoms with Gasteiger partial charge in [0.25, 0.3) is 0 Å². The van der Waals surface area contributed by atoms with E-state index in [1.54, 1.807) is 20.8 Å². The molecule has 2 heterocycles. The number of fused-ring (bicyclic) bond motifs is 1. The number of hydrogen-bond acceptors (Lipinski definition) is 7. The Morgan fingerprint density at radius 2 is 1.79 bits per heavy atom. The molecule has 0 saturated carbocycles. The minimum Gasteiger partial charge on any atom is -0.492 e. The Bertz CT molecular complexity index is 1050. The van der Waals surface area contributed by atoms with Crippen LogP contribution in [0.1, 0.15) is 71.3 Å². The summed E-state index contributed by atoms with van der Waals surface area (Å²) < 4.78 is 11.0. The molecule has 2 aliphatic rings. The molecule has 2 saturated heterocycles. The van der Waals surface area contributed by atoms with E-state index in [1.165, 1.54) is 0 Å². The maximum atomic E-state index is 12.9. The highest BCUT2D eigenvalue weighted by Gasteiger charge is 2.42. The van der Waals surface area contributed by atoms with E-state index in [0.29, 0.717) is 50.6 Å². The van der Waals surface area contributed by atoms with Crippen molar-refractivity contribution in [3.05, 3.63) is 29.8 Å². The van der Waals surface area contributed by atoms with Crippen molar-refractivity contribution in [3.63, 3.8) is 0 Å². The lowest BCUT2D eigenvalue weighted by atomic mass is 10.0. The number of thioether (sulfide) groups is 1. The zero-order valence-electron chi connectivity index (χ0n) is 25.3. The van der Waals surface area contributed by atoms with Gasteiger partial charge in [-0.1, -0.05) is 24.1 Å². The van der Waals surface area contributed by atoms with Gasteiger partial charge in [0.05, 0.1) is 18.6 Å². The van der Waals surface area contributed by atoms with Crippen molar-refractivity contribution in [2.75, 3.05) is 25.4 Å². The molecule has 5 N–H and O–H groups in total. The van der Waals surface area contributed by atoms with Gasteiger partial charge in [0, 0.05) is 24.0 Å². The van der Waals surface area contributed by atoms with E-state index in [1.807, 2.05) is 43.0 Å². The van der Waals surface area contributed by atoms with Gasteiger partial charge < -0.3 is 36.1 Å². The number of carbonyl (C=O) groups is 4. The standard InChI is InChI=1S/C30H47N5O6S/c1-20-12-14-21(15-13-20)40-18-17-32-27(37)22(34-29(39)41-30(2,3)4)9-7-8-16-31-25(36)11-6-5-10-24-26-23(19-42-24)33-28(38)35-26/h12-15,22-24,26H,5-11,16-19H2,1-4H3,(H,31,36)(H,32,37)(H,34,39)(H2,33,35,38)/t22-,23+,24+,26+/m1/s1. The van der Waals surface area contributed by atoms with Crippen LogP contribution in [-0.2, 0) is 14.3 Å². The van der Waals surface area contributed by atoms with Crippen LogP contribution in [0, 0.1) is 6.92 Å². The average Bonchev–Trinajstić information content (AvgIpc) is 3.47. The van der Waals surface area contributed by atoms with Gasteiger partial charge in [0.15, 0.2) is 0 Å². The molecule has 5 amide bonds. The van der Waals surface area contributed by atoms with Gasteiger partial charge in [-0.25, -0.2) is 9.59 Å². The van der Waals surface area contributed by atoms with Crippen molar-refractivity contribution in [3.8, 4) is 5.75 Å². The summed E-state index contributed by atoms with van der Waals surface area (Å²) in [7, 11) is 0. The Hall–Kier alpha value is -3.15. The smallest absolute Gasteiger partial charge is 0.408 e. The Kier molecular flexibility index (Phi) is 13.1. The number of benzene rings is 1. The lowest BCUT2D eigenvalue weighted by molar-refractivity contribution is -0.123. The average molecular weight is 606 g/mol. The Morgan fingerprint density at radius 1 is 1.02 bits per heavy atom. The van der Waals surface area contributed by atoms with Gasteiger partial charge in [-0.3, -0.25) is 9.59 Å². The molecule has 0 spiro atoms. The number of hydrogen-bond donors (Lipinski definition) is 5. The molecular weight excluding hydrogens is 558 g/mol. The van der Waals surface area contributed by atoms with Crippen LogP contribution in [0.25, 0.3) is 0 Å². The molecule has 234 valence electrons. The van der Waals surface area contributed by atoms with Crippen molar-refractivity contribution in [1.29, 1.82) is 0 Å². The first-order chi connectivity index (χ1) is 20.0. The molecule has 1 aromatic rings. The fourth-order valence-corrected chi connectivity index (χ4v) is 6.43. The summed E-state index contributed by atoms with van der Waals surface area (Å²) in [5.74, 6) is 1.37. The van der Waals surface area contributed by atoms with E-state index >= 15 is 0 Å². The van der Waals surface area contributed by atoms with Crippen LogP contribution in [0.5, 0.6) is 5.75 Å². The first kappa shape index (κ1) is 33.4. The minimum atomic E-state index is -0.761. The highest BCUT2D eigenvalue weighted by Crippen LogP contribution is 2.33. The van der Waals surface area contributed by atoms with E-state index < -0.39 is 17.7 Å². The third-order valence-electron chi connectivity index (χ3n) is 7.02. The number of unbranched alkanes of at least 4 members (excludes halogenated alkanes) is 2. The van der Waals surface area contributed by atoms with Gasteiger partial charge in [-0.05, 0) is 71.9 Å². The number of aryl methyl sites for hydroxylation is 1. The van der Waals surface area contributed by atoms with E-state index in [0.717, 1.165) is 36.3 Å². The first-order valence-electron chi connectivity index (χ1n) is 14.9. The number of urea groups is 1. The topological polar surface area (TPSA) is 147 Å². The van der Waals surface area contributed by atoms with Crippen molar-refractivity contribution in [2.24, 2.45) is 0 Å². The molecule has 42 heavy (non-hydrogen) atoms. The largest absolute Gasteiger partial charge is 0.492 e. The summed E-state index contributed by atoms with van der Waals surface area (Å²) in [6, 6.07) is 7.24. The third-order valence-corrected chi connectivity index (χ3v) is 8.53. The Labute approximate surface area is 253 Å². The number of amides is 5. The number of carbonyl (C=O) groups excluding carboxylic acids is 4. The predicted octanol–water partition coefficient (Wildman–Crippen LogP) is 3.40. The summed E-state index contributed by atoms with van der Waals surface area (Å²) in [6.07, 6.45) is 4.26. The fraction of sp³-hybridized carbons (Fsp3) is 0.667. The second kappa shape index (κ2) is 16.5. The summed E-state index contributed by atoms with van der Waals surface area (Å²) in [5.41, 5.74) is 0.456. The summed E-state index contributed by atoms with van der Waals surface area (Å²) in [5, 5.41) is 14.8. The lowest BCUT2D eigenvalue weighted by Gasteiger charge is -2.23. The lowest BCUT2D eigenvalue weighted by Crippen LogP contribution is -2.48. The van der Waals surface area contributed by atoms with E-state index in [-0.39, 0.29) is 29.9 Å². The van der Waals surface area contributed by atoms with Crippen molar-refractivity contribution in [1.82, 2.24) is 26.6 Å². The van der Waals surface area contributed by atoms with Crippen LogP contribution in [0.2, 0.25) is 0 Å². The summed E-state index contributed by atoms with van der Waals surface area (Å²) in [6.45, 7) is 8.39. The van der Waals surface area contributed by atoms with Crippen molar-refractivity contribution >= 4 is 35.7 Å². The number of ether oxygens (including phenoxy) is 2. The van der Waals surface area contributed by atoms with Crippen LogP contribution in [-0.4, -0.2) is 78.4 Å². The molecule has 0 bridgehead atoms. The number of rotatable bonds is 16. The molecule has 0 unspecified atom stereocenters. The zero-order chi connectivity index (χ0) is 30.5. The molecule has 2 aliphatic heterocycles. The molecule has 0 aromatic heterocycles. The predicted molar refractivity (Wildman–Crippen MR) is 164 cm³/mol. The van der Waals surface area contributed by atoms with Crippen LogP contribution < -0.4 is 31.3 Å². The Morgan fingerprint density at radius 3 is 2.52 bits per heavy atom. The van der Waals surface area contributed by atoms with Crippen LogP contribution in [0.4, 0.5) is 9.59 Å². The summed E-state index contributed by atoms with van der Waals surface area (Å²) >= 11 is 1.88. The monoisotopic (exact) mass is 605 g/mol. The first-order valence-corrected chi connectivity index (χ1v) is 16.0. The van der Waals surface area contributed by atoms with Gasteiger partial charge in [0.1, 0.15) is 24.0 Å². The van der Waals surface area contributed by atoms with Crippen LogP contribution >= 0.6 is 11.8 Å². The zero-order valence-corrected chi connectivity index (χ0v) is 26.1. The quantitative estimate of drug-likeness (QED) is 0.143.